The predicted molar refractivity (Wildman–Crippen MR) is 151 cm³/mol. The monoisotopic (exact) mass is 583 g/mol. The van der Waals surface area contributed by atoms with E-state index in [-0.39, 0.29) is 31.7 Å². The van der Waals surface area contributed by atoms with Gasteiger partial charge in [-0.1, -0.05) is 54.6 Å². The molecule has 0 unspecified atom stereocenters. The Morgan fingerprint density at radius 2 is 1.51 bits per heavy atom. The van der Waals surface area contributed by atoms with Crippen LogP contribution in [0.2, 0.25) is 0 Å². The van der Waals surface area contributed by atoms with Gasteiger partial charge in [0.05, 0.1) is 28.0 Å². The van der Waals surface area contributed by atoms with Crippen molar-refractivity contribution in [2.45, 2.75) is 17.5 Å². The van der Waals surface area contributed by atoms with E-state index in [1.165, 1.54) is 15.1 Å². The lowest BCUT2D eigenvalue weighted by molar-refractivity contribution is -0.137. The zero-order chi connectivity index (χ0) is 29.0. The van der Waals surface area contributed by atoms with Gasteiger partial charge < -0.3 is 10.2 Å². The number of rotatable bonds is 8. The highest BCUT2D eigenvalue weighted by molar-refractivity contribution is 7.89. The molecule has 1 fully saturated rings. The van der Waals surface area contributed by atoms with Crippen LogP contribution >= 0.6 is 0 Å². The van der Waals surface area contributed by atoms with Crippen molar-refractivity contribution in [2.24, 2.45) is 0 Å². The summed E-state index contributed by atoms with van der Waals surface area (Å²) in [5.41, 5.74) is 1.22. The second-order valence-electron chi connectivity index (χ2n) is 9.54. The van der Waals surface area contributed by atoms with Crippen LogP contribution in [-0.4, -0.2) is 55.2 Å². The first-order valence-corrected chi connectivity index (χ1v) is 14.5. The van der Waals surface area contributed by atoms with E-state index < -0.39 is 26.7 Å². The minimum absolute atomic E-state index is 0.0316. The molecule has 2 heterocycles. The Bertz CT molecular complexity index is 1650. The highest BCUT2D eigenvalue weighted by atomic mass is 32.2. The number of nitrogens with zero attached hydrogens (tertiary/aromatic N) is 4. The van der Waals surface area contributed by atoms with Crippen molar-refractivity contribution >= 4 is 21.4 Å². The molecule has 0 saturated carbocycles. The quantitative estimate of drug-likeness (QED) is 0.331. The highest BCUT2D eigenvalue weighted by Crippen LogP contribution is 2.32. The predicted octanol–water partition coefficient (Wildman–Crippen LogP) is 4.42. The zero-order valence-corrected chi connectivity index (χ0v) is 22.8. The van der Waals surface area contributed by atoms with E-state index in [0.717, 1.165) is 17.7 Å². The number of piperazine rings is 1. The normalized spacial score (nSPS) is 14.7. The first-order chi connectivity index (χ1) is 19.6. The minimum atomic E-state index is -4.65. The van der Waals surface area contributed by atoms with Gasteiger partial charge in [0.1, 0.15) is 5.69 Å². The van der Waals surface area contributed by atoms with Crippen LogP contribution in [0.3, 0.4) is 0 Å². The first-order valence-electron chi connectivity index (χ1n) is 13.0. The Balaban J connectivity index is 1.38. The molecule has 1 aliphatic heterocycles. The average Bonchev–Trinajstić information content (AvgIpc) is 2.98. The fourth-order valence-corrected chi connectivity index (χ4v) is 6.20. The van der Waals surface area contributed by atoms with Crippen molar-refractivity contribution in [3.8, 4) is 5.69 Å². The number of anilines is 2. The molecule has 5 rings (SSSR count). The molecule has 8 nitrogen and oxygen atoms in total. The summed E-state index contributed by atoms with van der Waals surface area (Å²) >= 11 is 0. The maximum Gasteiger partial charge on any atom is 0.416 e. The van der Waals surface area contributed by atoms with Gasteiger partial charge in [-0.2, -0.15) is 27.3 Å². The van der Waals surface area contributed by atoms with E-state index in [0.29, 0.717) is 36.1 Å². The van der Waals surface area contributed by atoms with E-state index >= 15 is 0 Å². The van der Waals surface area contributed by atoms with Crippen molar-refractivity contribution in [1.29, 1.82) is 0 Å². The van der Waals surface area contributed by atoms with Crippen molar-refractivity contribution in [2.75, 3.05) is 42.9 Å². The molecule has 12 heteroatoms. The van der Waals surface area contributed by atoms with Gasteiger partial charge in [-0.3, -0.25) is 4.79 Å². The lowest BCUT2D eigenvalue weighted by Gasteiger charge is -2.36. The lowest BCUT2D eigenvalue weighted by Crippen LogP contribution is -2.49. The Morgan fingerprint density at radius 1 is 0.854 bits per heavy atom. The largest absolute Gasteiger partial charge is 0.416 e. The standard InChI is InChI=1S/C29H28F3N5O3S/c30-29(31,32)23-10-7-13-25(20-23)41(39,40)36-18-16-35(17-19-36)26-21-34-37(24-11-5-2-6-12-24)28(38)27(26)33-15-14-22-8-3-1-4-9-22/h1-13,20-21,33H,14-19H2. The molecule has 0 amide bonds. The van der Waals surface area contributed by atoms with Gasteiger partial charge in [-0.25, -0.2) is 8.42 Å². The molecule has 3 aromatic carbocycles. The fraction of sp³-hybridized carbons (Fsp3) is 0.241. The zero-order valence-electron chi connectivity index (χ0n) is 22.0. The molecular weight excluding hydrogens is 555 g/mol. The van der Waals surface area contributed by atoms with Gasteiger partial charge in [0, 0.05) is 32.7 Å². The second-order valence-corrected chi connectivity index (χ2v) is 11.5. The average molecular weight is 584 g/mol. The molecule has 1 saturated heterocycles. The van der Waals surface area contributed by atoms with Crippen LogP contribution in [0.5, 0.6) is 0 Å². The number of nitrogens with one attached hydrogen (secondary N) is 1. The summed E-state index contributed by atoms with van der Waals surface area (Å²) < 4.78 is 68.3. The third-order valence-electron chi connectivity index (χ3n) is 6.90. The van der Waals surface area contributed by atoms with Crippen molar-refractivity contribution in [1.82, 2.24) is 14.1 Å². The van der Waals surface area contributed by atoms with Crippen molar-refractivity contribution in [3.63, 3.8) is 0 Å². The van der Waals surface area contributed by atoms with Crippen LogP contribution in [0, 0.1) is 0 Å². The summed E-state index contributed by atoms with van der Waals surface area (Å²) in [6.07, 6.45) is -2.40. The Hall–Kier alpha value is -4.16. The van der Waals surface area contributed by atoms with E-state index in [2.05, 4.69) is 10.4 Å². The van der Waals surface area contributed by atoms with E-state index in [1.54, 1.807) is 18.3 Å². The molecule has 4 aromatic rings. The van der Waals surface area contributed by atoms with Crippen LogP contribution in [0.1, 0.15) is 11.1 Å². The molecular formula is C29H28F3N5O3S. The summed E-state index contributed by atoms with van der Waals surface area (Å²) in [5.74, 6) is 0. The number of halogens is 3. The fourth-order valence-electron chi connectivity index (χ4n) is 4.73. The summed E-state index contributed by atoms with van der Waals surface area (Å²) in [6, 6.07) is 22.6. The number of aromatic nitrogens is 2. The maximum atomic E-state index is 13.6. The maximum absolute atomic E-state index is 13.6. The smallest absolute Gasteiger partial charge is 0.378 e. The molecule has 0 aliphatic carbocycles. The molecule has 0 atom stereocenters. The SMILES string of the molecule is O=c1c(NCCc2ccccc2)c(N2CCN(S(=O)(=O)c3cccc(C(F)(F)F)c3)CC2)cnn1-c1ccccc1. The minimum Gasteiger partial charge on any atom is -0.378 e. The topological polar surface area (TPSA) is 87.5 Å². The number of benzene rings is 3. The van der Waals surface area contributed by atoms with Gasteiger partial charge in [0.2, 0.25) is 10.0 Å². The number of hydrogen-bond acceptors (Lipinski definition) is 6. The van der Waals surface area contributed by atoms with Gasteiger partial charge in [0.25, 0.3) is 5.56 Å². The molecule has 41 heavy (non-hydrogen) atoms. The number of sulfonamides is 1. The van der Waals surface area contributed by atoms with Gasteiger partial charge in [-0.05, 0) is 42.3 Å². The van der Waals surface area contributed by atoms with Crippen molar-refractivity contribution < 1.29 is 21.6 Å². The molecule has 0 radical (unpaired) electrons. The van der Waals surface area contributed by atoms with Crippen LogP contribution in [0.25, 0.3) is 5.69 Å². The highest BCUT2D eigenvalue weighted by Gasteiger charge is 2.34. The van der Waals surface area contributed by atoms with E-state index in [1.807, 2.05) is 53.4 Å². The molecule has 0 bridgehead atoms. The van der Waals surface area contributed by atoms with E-state index in [9.17, 15) is 26.4 Å². The number of hydrogen-bond donors (Lipinski definition) is 1. The number of para-hydroxylation sites is 1. The van der Waals surface area contributed by atoms with Crippen molar-refractivity contribution in [3.05, 3.63) is 113 Å². The summed E-state index contributed by atoms with van der Waals surface area (Å²) in [5, 5.41) is 7.65. The van der Waals surface area contributed by atoms with Crippen LogP contribution in [0.4, 0.5) is 24.5 Å². The number of alkyl halides is 3. The summed E-state index contributed by atoms with van der Waals surface area (Å²) in [7, 11) is -4.15. The molecule has 1 N–H and O–H groups in total. The van der Waals surface area contributed by atoms with Crippen LogP contribution in [-0.2, 0) is 22.6 Å². The third kappa shape index (κ3) is 6.28. The van der Waals surface area contributed by atoms with Crippen LogP contribution in [0.15, 0.2) is 101 Å². The third-order valence-corrected chi connectivity index (χ3v) is 8.79. The summed E-state index contributed by atoms with van der Waals surface area (Å²) in [6.45, 7) is 0.993. The Labute approximate surface area is 235 Å². The van der Waals surface area contributed by atoms with E-state index in [4.69, 9.17) is 0 Å². The van der Waals surface area contributed by atoms with Gasteiger partial charge in [-0.15, -0.1) is 0 Å². The first kappa shape index (κ1) is 28.4. The molecule has 1 aliphatic rings. The van der Waals surface area contributed by atoms with Gasteiger partial charge in [0.15, 0.2) is 0 Å². The summed E-state index contributed by atoms with van der Waals surface area (Å²) in [4.78, 5) is 15.1. The second kappa shape index (κ2) is 11.8. The molecule has 214 valence electrons. The lowest BCUT2D eigenvalue weighted by atomic mass is 10.1. The molecule has 1 aromatic heterocycles. The van der Waals surface area contributed by atoms with Gasteiger partial charge >= 0.3 is 6.18 Å². The van der Waals surface area contributed by atoms with Crippen LogP contribution < -0.4 is 15.8 Å². The molecule has 0 spiro atoms. The Morgan fingerprint density at radius 3 is 2.17 bits per heavy atom. The Kier molecular flexibility index (Phi) is 8.13.